The highest BCUT2D eigenvalue weighted by Gasteiger charge is 2.27. The maximum atomic E-state index is 11.7. The summed E-state index contributed by atoms with van der Waals surface area (Å²) in [6.45, 7) is 3.83. The number of ether oxygens (including phenoxy) is 3. The molecule has 2 aromatic carbocycles. The SMILES string of the molecule is CCOC(=O)c1ccc(OC[C@@H](O)CN2CCC[C@H]2c2ccc(OC)cc2)cc1. The summed E-state index contributed by atoms with van der Waals surface area (Å²) < 4.78 is 15.9. The van der Waals surface area contributed by atoms with Crippen LogP contribution in [-0.4, -0.2) is 55.5 Å². The Morgan fingerprint density at radius 1 is 1.14 bits per heavy atom. The summed E-state index contributed by atoms with van der Waals surface area (Å²) in [5, 5.41) is 10.5. The van der Waals surface area contributed by atoms with Crippen molar-refractivity contribution in [3.8, 4) is 11.5 Å². The van der Waals surface area contributed by atoms with Gasteiger partial charge in [0, 0.05) is 12.6 Å². The zero-order chi connectivity index (χ0) is 20.6. The third kappa shape index (κ3) is 5.71. The Bertz CT molecular complexity index is 775. The van der Waals surface area contributed by atoms with Crippen molar-refractivity contribution in [2.45, 2.75) is 31.9 Å². The van der Waals surface area contributed by atoms with Crippen LogP contribution in [0.2, 0.25) is 0 Å². The van der Waals surface area contributed by atoms with Gasteiger partial charge in [0.05, 0.1) is 19.3 Å². The molecule has 0 aromatic heterocycles. The number of β-amino-alcohol motifs (C(OH)–C–C–N with tert-alkyl or cyclic N) is 1. The normalized spacial score (nSPS) is 17.7. The number of aliphatic hydroxyl groups is 1. The van der Waals surface area contributed by atoms with Crippen LogP contribution in [0.5, 0.6) is 11.5 Å². The fourth-order valence-corrected chi connectivity index (χ4v) is 3.67. The second kappa shape index (κ2) is 10.3. The number of methoxy groups -OCH3 is 1. The lowest BCUT2D eigenvalue weighted by Gasteiger charge is -2.27. The molecule has 3 rings (SSSR count). The number of rotatable bonds is 9. The number of hydrogen-bond acceptors (Lipinski definition) is 6. The van der Waals surface area contributed by atoms with Crippen molar-refractivity contribution in [2.24, 2.45) is 0 Å². The van der Waals surface area contributed by atoms with Gasteiger partial charge in [0.2, 0.25) is 0 Å². The third-order valence-corrected chi connectivity index (χ3v) is 5.12. The van der Waals surface area contributed by atoms with Crippen LogP contribution in [0, 0.1) is 0 Å². The lowest BCUT2D eigenvalue weighted by Crippen LogP contribution is -2.35. The molecule has 1 aliphatic heterocycles. The maximum Gasteiger partial charge on any atom is 0.338 e. The van der Waals surface area contributed by atoms with E-state index in [1.807, 2.05) is 12.1 Å². The Balaban J connectivity index is 1.50. The fraction of sp³-hybridized carbons (Fsp3) is 0.435. The monoisotopic (exact) mass is 399 g/mol. The van der Waals surface area contributed by atoms with Gasteiger partial charge >= 0.3 is 5.97 Å². The molecule has 156 valence electrons. The van der Waals surface area contributed by atoms with Crippen LogP contribution < -0.4 is 9.47 Å². The van der Waals surface area contributed by atoms with Crippen LogP contribution in [0.25, 0.3) is 0 Å². The van der Waals surface area contributed by atoms with Crippen molar-refractivity contribution in [3.63, 3.8) is 0 Å². The van der Waals surface area contributed by atoms with E-state index in [0.29, 0.717) is 30.5 Å². The molecule has 0 amide bonds. The summed E-state index contributed by atoms with van der Waals surface area (Å²) in [6.07, 6.45) is 1.59. The number of benzene rings is 2. The molecule has 0 bridgehead atoms. The lowest BCUT2D eigenvalue weighted by molar-refractivity contribution is 0.0525. The van der Waals surface area contributed by atoms with E-state index >= 15 is 0 Å². The van der Waals surface area contributed by atoms with Crippen LogP contribution in [0.4, 0.5) is 0 Å². The van der Waals surface area contributed by atoms with Crippen LogP contribution >= 0.6 is 0 Å². The Hall–Kier alpha value is -2.57. The van der Waals surface area contributed by atoms with Crippen molar-refractivity contribution >= 4 is 5.97 Å². The molecule has 0 unspecified atom stereocenters. The molecule has 29 heavy (non-hydrogen) atoms. The summed E-state index contributed by atoms with van der Waals surface area (Å²) in [7, 11) is 1.66. The first-order valence-electron chi connectivity index (χ1n) is 10.1. The molecule has 1 heterocycles. The second-order valence-corrected chi connectivity index (χ2v) is 7.14. The molecule has 2 atom stereocenters. The van der Waals surface area contributed by atoms with E-state index in [1.165, 1.54) is 5.56 Å². The van der Waals surface area contributed by atoms with E-state index in [1.54, 1.807) is 38.3 Å². The van der Waals surface area contributed by atoms with E-state index in [2.05, 4.69) is 17.0 Å². The molecule has 1 saturated heterocycles. The number of carbonyl (C=O) groups is 1. The standard InChI is InChI=1S/C23H29NO5/c1-3-28-23(26)18-8-12-21(13-9-18)29-16-19(25)15-24-14-4-5-22(24)17-6-10-20(27-2)11-7-17/h6-13,19,22,25H,3-5,14-16H2,1-2H3/t19-,22-/m0/s1. The number of esters is 1. The number of aliphatic hydroxyl groups excluding tert-OH is 1. The zero-order valence-electron chi connectivity index (χ0n) is 17.0. The average Bonchev–Trinajstić information content (AvgIpc) is 3.21. The van der Waals surface area contributed by atoms with E-state index in [-0.39, 0.29) is 12.6 Å². The molecule has 0 spiro atoms. The minimum absolute atomic E-state index is 0.199. The molecule has 2 aromatic rings. The number of carbonyl (C=O) groups excluding carboxylic acids is 1. The molecular weight excluding hydrogens is 370 g/mol. The Labute approximate surface area is 172 Å². The van der Waals surface area contributed by atoms with Crippen LogP contribution in [0.15, 0.2) is 48.5 Å². The van der Waals surface area contributed by atoms with Crippen molar-refractivity contribution in [3.05, 3.63) is 59.7 Å². The highest BCUT2D eigenvalue weighted by atomic mass is 16.5. The van der Waals surface area contributed by atoms with E-state index < -0.39 is 6.10 Å². The first-order chi connectivity index (χ1) is 14.1. The van der Waals surface area contributed by atoms with Gasteiger partial charge in [0.1, 0.15) is 24.2 Å². The molecular formula is C23H29NO5. The number of hydrogen-bond donors (Lipinski definition) is 1. The Morgan fingerprint density at radius 3 is 2.48 bits per heavy atom. The molecule has 6 heteroatoms. The summed E-state index contributed by atoms with van der Waals surface area (Å²) in [4.78, 5) is 14.0. The van der Waals surface area contributed by atoms with Gasteiger partial charge < -0.3 is 19.3 Å². The van der Waals surface area contributed by atoms with Gasteiger partial charge in [-0.05, 0) is 68.3 Å². The van der Waals surface area contributed by atoms with Crippen LogP contribution in [0.1, 0.15) is 41.7 Å². The van der Waals surface area contributed by atoms with Crippen LogP contribution in [-0.2, 0) is 4.74 Å². The van der Waals surface area contributed by atoms with Crippen molar-refractivity contribution in [1.82, 2.24) is 4.90 Å². The smallest absolute Gasteiger partial charge is 0.338 e. The van der Waals surface area contributed by atoms with Gasteiger partial charge in [-0.2, -0.15) is 0 Å². The van der Waals surface area contributed by atoms with Gasteiger partial charge in [-0.3, -0.25) is 4.90 Å². The molecule has 1 aliphatic rings. The van der Waals surface area contributed by atoms with Gasteiger partial charge in [-0.15, -0.1) is 0 Å². The quantitative estimate of drug-likeness (QED) is 0.652. The van der Waals surface area contributed by atoms with Gasteiger partial charge in [-0.1, -0.05) is 12.1 Å². The van der Waals surface area contributed by atoms with Crippen molar-refractivity contribution in [2.75, 3.05) is 33.4 Å². The topological polar surface area (TPSA) is 68.2 Å². The predicted octanol–water partition coefficient (Wildman–Crippen LogP) is 3.45. The molecule has 1 fully saturated rings. The molecule has 1 N–H and O–H groups in total. The first-order valence-corrected chi connectivity index (χ1v) is 10.1. The molecule has 0 aliphatic carbocycles. The van der Waals surface area contributed by atoms with Gasteiger partial charge in [0.15, 0.2) is 0 Å². The highest BCUT2D eigenvalue weighted by Crippen LogP contribution is 2.32. The fourth-order valence-electron chi connectivity index (χ4n) is 3.67. The summed E-state index contributed by atoms with van der Waals surface area (Å²) >= 11 is 0. The maximum absolute atomic E-state index is 11.7. The Kier molecular flexibility index (Phi) is 7.49. The van der Waals surface area contributed by atoms with E-state index in [0.717, 1.165) is 25.1 Å². The first kappa shape index (κ1) is 21.1. The largest absolute Gasteiger partial charge is 0.497 e. The third-order valence-electron chi connectivity index (χ3n) is 5.12. The average molecular weight is 399 g/mol. The number of nitrogens with zero attached hydrogens (tertiary/aromatic N) is 1. The second-order valence-electron chi connectivity index (χ2n) is 7.14. The summed E-state index contributed by atoms with van der Waals surface area (Å²) in [6, 6.07) is 15.2. The molecule has 6 nitrogen and oxygen atoms in total. The van der Waals surface area contributed by atoms with E-state index in [9.17, 15) is 9.90 Å². The van der Waals surface area contributed by atoms with Crippen molar-refractivity contribution in [1.29, 1.82) is 0 Å². The number of likely N-dealkylation sites (tertiary alicyclic amines) is 1. The molecule has 0 radical (unpaired) electrons. The minimum atomic E-state index is -0.599. The highest BCUT2D eigenvalue weighted by molar-refractivity contribution is 5.89. The minimum Gasteiger partial charge on any atom is -0.497 e. The lowest BCUT2D eigenvalue weighted by atomic mass is 10.0. The summed E-state index contributed by atoms with van der Waals surface area (Å²) in [5.41, 5.74) is 1.73. The van der Waals surface area contributed by atoms with Gasteiger partial charge in [-0.25, -0.2) is 4.79 Å². The summed E-state index contributed by atoms with van der Waals surface area (Å²) in [5.74, 6) is 1.11. The van der Waals surface area contributed by atoms with E-state index in [4.69, 9.17) is 14.2 Å². The molecule has 0 saturated carbocycles. The predicted molar refractivity (Wildman–Crippen MR) is 110 cm³/mol. The van der Waals surface area contributed by atoms with Gasteiger partial charge in [0.25, 0.3) is 0 Å². The Morgan fingerprint density at radius 2 is 1.83 bits per heavy atom. The van der Waals surface area contributed by atoms with Crippen LogP contribution in [0.3, 0.4) is 0 Å². The van der Waals surface area contributed by atoms with Crippen molar-refractivity contribution < 1.29 is 24.1 Å². The zero-order valence-corrected chi connectivity index (χ0v) is 17.0.